The van der Waals surface area contributed by atoms with Crippen molar-refractivity contribution in [2.75, 3.05) is 50.8 Å². The van der Waals surface area contributed by atoms with Crippen LogP contribution in [-0.4, -0.2) is 95.6 Å². The number of hydroxylamine groups is 1. The molecular weight excluding hydrogens is 516 g/mol. The Morgan fingerprint density at radius 3 is 2.15 bits per heavy atom. The van der Waals surface area contributed by atoms with Crippen LogP contribution in [0.3, 0.4) is 0 Å². The minimum absolute atomic E-state index is 0.0676. The van der Waals surface area contributed by atoms with Crippen molar-refractivity contribution in [3.8, 4) is 5.75 Å². The molecule has 3 fully saturated rings. The molecule has 3 saturated heterocycles. The van der Waals surface area contributed by atoms with Crippen LogP contribution >= 0.6 is 0 Å². The zero-order chi connectivity index (χ0) is 28.1. The summed E-state index contributed by atoms with van der Waals surface area (Å²) in [4.78, 5) is 46.0. The molecule has 3 aliphatic heterocycles. The van der Waals surface area contributed by atoms with E-state index in [1.165, 1.54) is 0 Å². The Morgan fingerprint density at radius 2 is 1.55 bits per heavy atom. The van der Waals surface area contributed by atoms with Gasteiger partial charge in [0.15, 0.2) is 0 Å². The van der Waals surface area contributed by atoms with Crippen LogP contribution in [0.15, 0.2) is 60.7 Å². The van der Waals surface area contributed by atoms with Crippen LogP contribution in [0.1, 0.15) is 19.3 Å². The monoisotopic (exact) mass is 552 g/mol. The summed E-state index contributed by atoms with van der Waals surface area (Å²) in [5, 5.41) is 20.4. The Hall–Kier alpha value is -3.83. The van der Waals surface area contributed by atoms with Gasteiger partial charge in [0.05, 0.1) is 12.5 Å². The number of benzene rings is 2. The zero-order valence-electron chi connectivity index (χ0n) is 22.4. The van der Waals surface area contributed by atoms with Crippen molar-refractivity contribution < 1.29 is 34.2 Å². The number of amides is 3. The summed E-state index contributed by atoms with van der Waals surface area (Å²) >= 11 is 0. The number of piperidine rings is 1. The second-order valence-electron chi connectivity index (χ2n) is 10.5. The first-order chi connectivity index (χ1) is 19.4. The topological polar surface area (TPSA) is 132 Å². The van der Waals surface area contributed by atoms with Gasteiger partial charge in [0, 0.05) is 51.5 Å². The maximum absolute atomic E-state index is 14.7. The number of ether oxygens (including phenoxy) is 2. The molecule has 3 aliphatic rings. The minimum atomic E-state index is -1.71. The van der Waals surface area contributed by atoms with E-state index in [2.05, 4.69) is 4.90 Å². The molecule has 214 valence electrons. The molecule has 0 aromatic heterocycles. The average Bonchev–Trinajstić information content (AvgIpc) is 3.01. The van der Waals surface area contributed by atoms with Crippen molar-refractivity contribution in [2.45, 2.75) is 30.9 Å². The summed E-state index contributed by atoms with van der Waals surface area (Å²) in [6, 6.07) is 18.9. The van der Waals surface area contributed by atoms with Gasteiger partial charge in [-0.3, -0.25) is 19.7 Å². The summed E-state index contributed by atoms with van der Waals surface area (Å²) < 4.78 is 11.7. The maximum Gasteiger partial charge on any atom is 0.408 e. The van der Waals surface area contributed by atoms with Crippen LogP contribution in [0, 0.1) is 11.8 Å². The highest BCUT2D eigenvalue weighted by Gasteiger charge is 2.64. The first-order valence-electron chi connectivity index (χ1n) is 13.8. The zero-order valence-corrected chi connectivity index (χ0v) is 22.4. The van der Waals surface area contributed by atoms with Crippen LogP contribution in [0.2, 0.25) is 0 Å². The van der Waals surface area contributed by atoms with Gasteiger partial charge in [0.1, 0.15) is 17.4 Å². The molecule has 40 heavy (non-hydrogen) atoms. The molecule has 5 rings (SSSR count). The second kappa shape index (κ2) is 12.1. The molecular formula is C29H36N4O7. The standard InChI is InChI=1S/C29H36N4O7/c34-26(30-38)25-19-24(40-23-9-5-2-6-10-23)20-33(28(36)37)29(25,21-11-17-39-18-12-21)27(35)32-15-13-31(14-16-32)22-7-3-1-4-8-22/h1-10,21,24-25,38H,11-20H2,(H,30,34)(H,36,37)/t24-,25+,29-/m0/s1. The van der Waals surface area contributed by atoms with Gasteiger partial charge >= 0.3 is 6.09 Å². The van der Waals surface area contributed by atoms with Gasteiger partial charge in [-0.1, -0.05) is 36.4 Å². The number of carbonyl (C=O) groups excluding carboxylic acids is 2. The Balaban J connectivity index is 1.50. The largest absolute Gasteiger partial charge is 0.489 e. The number of nitrogens with one attached hydrogen (secondary N) is 1. The number of anilines is 1. The van der Waals surface area contributed by atoms with Crippen molar-refractivity contribution in [1.29, 1.82) is 0 Å². The summed E-state index contributed by atoms with van der Waals surface area (Å²) in [5.74, 6) is -2.31. The highest BCUT2D eigenvalue weighted by atomic mass is 16.5. The number of hydrogen-bond acceptors (Lipinski definition) is 7. The Bertz CT molecular complexity index is 1170. The van der Waals surface area contributed by atoms with Crippen LogP contribution < -0.4 is 15.1 Å². The Labute approximate surface area is 233 Å². The maximum atomic E-state index is 14.7. The van der Waals surface area contributed by atoms with Gasteiger partial charge < -0.3 is 24.4 Å². The van der Waals surface area contributed by atoms with Gasteiger partial charge in [-0.05, 0) is 43.0 Å². The molecule has 3 heterocycles. The van der Waals surface area contributed by atoms with E-state index < -0.39 is 41.4 Å². The fourth-order valence-corrected chi connectivity index (χ4v) is 6.60. The van der Waals surface area contributed by atoms with Crippen molar-refractivity contribution in [3.63, 3.8) is 0 Å². The highest BCUT2D eigenvalue weighted by Crippen LogP contribution is 2.46. The number of nitrogens with zero attached hydrogens (tertiary/aromatic N) is 3. The molecule has 11 heteroatoms. The van der Waals surface area contributed by atoms with E-state index in [9.17, 15) is 24.7 Å². The minimum Gasteiger partial charge on any atom is -0.489 e. The smallest absolute Gasteiger partial charge is 0.408 e. The van der Waals surface area contributed by atoms with Crippen molar-refractivity contribution in [3.05, 3.63) is 60.7 Å². The van der Waals surface area contributed by atoms with E-state index in [1.807, 2.05) is 36.4 Å². The van der Waals surface area contributed by atoms with E-state index in [0.29, 0.717) is 58.0 Å². The fraction of sp³-hybridized carbons (Fsp3) is 0.483. The molecule has 0 bridgehead atoms. The van der Waals surface area contributed by atoms with Gasteiger partial charge in [0.25, 0.3) is 0 Å². The summed E-state index contributed by atoms with van der Waals surface area (Å²) in [5.41, 5.74) is 1.07. The number of hydrogen-bond donors (Lipinski definition) is 3. The van der Waals surface area contributed by atoms with Crippen molar-refractivity contribution in [1.82, 2.24) is 15.3 Å². The molecule has 2 aromatic rings. The van der Waals surface area contributed by atoms with Gasteiger partial charge in [-0.15, -0.1) is 0 Å². The number of para-hydroxylation sites is 2. The summed E-state index contributed by atoms with van der Waals surface area (Å²) in [6.07, 6.45) is -1.10. The molecule has 0 saturated carbocycles. The second-order valence-corrected chi connectivity index (χ2v) is 10.5. The van der Waals surface area contributed by atoms with E-state index in [1.54, 1.807) is 34.6 Å². The van der Waals surface area contributed by atoms with Crippen molar-refractivity contribution >= 4 is 23.6 Å². The first kappa shape index (κ1) is 27.7. The summed E-state index contributed by atoms with van der Waals surface area (Å²) in [7, 11) is 0. The Morgan fingerprint density at radius 1 is 0.925 bits per heavy atom. The SMILES string of the molecule is O=C(NO)[C@H]1C[C@H](Oc2ccccc2)CN(C(=O)O)[C@@]1(C(=O)N1CCN(c2ccccc2)CC1)C1CCOCC1. The highest BCUT2D eigenvalue weighted by molar-refractivity contribution is 5.97. The van der Waals surface area contributed by atoms with Crippen LogP contribution in [0.5, 0.6) is 5.75 Å². The quantitative estimate of drug-likeness (QED) is 0.368. The molecule has 3 atom stereocenters. The van der Waals surface area contributed by atoms with E-state index in [4.69, 9.17) is 9.47 Å². The van der Waals surface area contributed by atoms with Crippen LogP contribution in [-0.2, 0) is 14.3 Å². The normalized spacial score (nSPS) is 25.8. The number of carbonyl (C=O) groups is 3. The fourth-order valence-electron chi connectivity index (χ4n) is 6.60. The molecule has 2 aromatic carbocycles. The lowest BCUT2D eigenvalue weighted by Crippen LogP contribution is -2.75. The van der Waals surface area contributed by atoms with E-state index in [0.717, 1.165) is 10.6 Å². The predicted octanol–water partition coefficient (Wildman–Crippen LogP) is 2.45. The number of likely N-dealkylation sites (tertiary alicyclic amines) is 1. The van der Waals surface area contributed by atoms with Gasteiger partial charge in [-0.25, -0.2) is 10.3 Å². The average molecular weight is 553 g/mol. The third-order valence-electron chi connectivity index (χ3n) is 8.44. The third kappa shape index (κ3) is 5.31. The molecule has 0 radical (unpaired) electrons. The van der Waals surface area contributed by atoms with Gasteiger partial charge in [0.2, 0.25) is 11.8 Å². The van der Waals surface area contributed by atoms with Gasteiger partial charge in [-0.2, -0.15) is 0 Å². The Kier molecular flexibility index (Phi) is 8.41. The lowest BCUT2D eigenvalue weighted by atomic mass is 9.64. The molecule has 3 N–H and O–H groups in total. The van der Waals surface area contributed by atoms with E-state index >= 15 is 0 Å². The first-order valence-corrected chi connectivity index (χ1v) is 13.8. The van der Waals surface area contributed by atoms with Crippen molar-refractivity contribution in [2.24, 2.45) is 11.8 Å². The molecule has 3 amide bonds. The van der Waals surface area contributed by atoms with Crippen LogP contribution in [0.4, 0.5) is 10.5 Å². The predicted molar refractivity (Wildman–Crippen MR) is 145 cm³/mol. The lowest BCUT2D eigenvalue weighted by molar-refractivity contribution is -0.173. The van der Waals surface area contributed by atoms with E-state index in [-0.39, 0.29) is 13.0 Å². The molecule has 0 unspecified atom stereocenters. The molecule has 0 spiro atoms. The lowest BCUT2D eigenvalue weighted by Gasteiger charge is -2.56. The number of carboxylic acid groups (broad SMARTS) is 1. The molecule has 11 nitrogen and oxygen atoms in total. The van der Waals surface area contributed by atoms with Crippen LogP contribution in [0.25, 0.3) is 0 Å². The third-order valence-corrected chi connectivity index (χ3v) is 8.44. The molecule has 0 aliphatic carbocycles. The number of rotatable bonds is 6. The summed E-state index contributed by atoms with van der Waals surface area (Å²) in [6.45, 7) is 2.52. The number of piperazine rings is 1.